The number of hydrogen-bond acceptors (Lipinski definition) is 5. The maximum atomic E-state index is 4.68. The summed E-state index contributed by atoms with van der Waals surface area (Å²) in [7, 11) is 0. The first kappa shape index (κ1) is 10.9. The summed E-state index contributed by atoms with van der Waals surface area (Å²) in [6, 6.07) is 8.23. The summed E-state index contributed by atoms with van der Waals surface area (Å²) in [5.74, 6) is 0.664. The molecule has 1 N–H and O–H groups in total. The van der Waals surface area contributed by atoms with E-state index in [1.165, 1.54) is 17.3 Å². The zero-order valence-electron chi connectivity index (χ0n) is 9.71. The van der Waals surface area contributed by atoms with Gasteiger partial charge in [0, 0.05) is 24.3 Å². The van der Waals surface area contributed by atoms with Gasteiger partial charge in [-0.3, -0.25) is 4.98 Å². The van der Waals surface area contributed by atoms with Crippen LogP contribution in [0.2, 0.25) is 0 Å². The van der Waals surface area contributed by atoms with E-state index in [0.717, 1.165) is 11.9 Å². The van der Waals surface area contributed by atoms with E-state index < -0.39 is 0 Å². The van der Waals surface area contributed by atoms with Crippen LogP contribution in [0.15, 0.2) is 47.6 Å². The lowest BCUT2D eigenvalue weighted by molar-refractivity contribution is 0.407. The first-order valence-electron chi connectivity index (χ1n) is 5.71. The molecule has 1 aromatic carbocycles. The molecule has 0 saturated carbocycles. The molecule has 0 fully saturated rings. The maximum absolute atomic E-state index is 4.68. The summed E-state index contributed by atoms with van der Waals surface area (Å²) >= 11 is 0. The SMILES string of the molecule is c1cc(CNCc2ncon2)c2ccncc2c1. The lowest BCUT2D eigenvalue weighted by Gasteiger charge is -2.06. The van der Waals surface area contributed by atoms with Gasteiger partial charge in [-0.25, -0.2) is 0 Å². The van der Waals surface area contributed by atoms with E-state index in [4.69, 9.17) is 0 Å². The van der Waals surface area contributed by atoms with Crippen molar-refractivity contribution in [3.63, 3.8) is 0 Å². The predicted octanol–water partition coefficient (Wildman–Crippen LogP) is 1.91. The Bertz CT molecular complexity index is 631. The van der Waals surface area contributed by atoms with Crippen LogP contribution in [0.4, 0.5) is 0 Å². The number of nitrogens with zero attached hydrogens (tertiary/aromatic N) is 3. The van der Waals surface area contributed by atoms with Crippen LogP contribution in [0, 0.1) is 0 Å². The molecule has 0 atom stereocenters. The second-order valence-corrected chi connectivity index (χ2v) is 3.96. The Balaban J connectivity index is 1.74. The van der Waals surface area contributed by atoms with E-state index in [0.29, 0.717) is 12.4 Å². The van der Waals surface area contributed by atoms with Gasteiger partial charge in [0.15, 0.2) is 5.82 Å². The zero-order chi connectivity index (χ0) is 12.2. The van der Waals surface area contributed by atoms with Gasteiger partial charge in [-0.1, -0.05) is 23.4 Å². The van der Waals surface area contributed by atoms with E-state index in [9.17, 15) is 0 Å². The van der Waals surface area contributed by atoms with Gasteiger partial charge in [-0.15, -0.1) is 0 Å². The minimum atomic E-state index is 0.595. The molecule has 0 saturated heterocycles. The van der Waals surface area contributed by atoms with Crippen molar-refractivity contribution in [2.24, 2.45) is 0 Å². The molecule has 2 heterocycles. The number of nitrogens with one attached hydrogen (secondary N) is 1. The third kappa shape index (κ3) is 2.21. The molecule has 5 heteroatoms. The van der Waals surface area contributed by atoms with Gasteiger partial charge in [0.05, 0.1) is 6.54 Å². The van der Waals surface area contributed by atoms with Gasteiger partial charge in [0.1, 0.15) is 0 Å². The Morgan fingerprint density at radius 1 is 1.17 bits per heavy atom. The highest BCUT2D eigenvalue weighted by molar-refractivity contribution is 5.84. The molecule has 18 heavy (non-hydrogen) atoms. The van der Waals surface area contributed by atoms with Gasteiger partial charge in [0.25, 0.3) is 0 Å². The molecule has 0 radical (unpaired) electrons. The second kappa shape index (κ2) is 4.93. The predicted molar refractivity (Wildman–Crippen MR) is 66.6 cm³/mol. The summed E-state index contributed by atoms with van der Waals surface area (Å²) in [6.45, 7) is 1.36. The van der Waals surface area contributed by atoms with E-state index in [1.807, 2.05) is 24.5 Å². The second-order valence-electron chi connectivity index (χ2n) is 3.96. The highest BCUT2D eigenvalue weighted by Gasteiger charge is 2.01. The first-order valence-corrected chi connectivity index (χ1v) is 5.71. The Hall–Kier alpha value is -2.27. The molecule has 90 valence electrons. The van der Waals surface area contributed by atoms with Gasteiger partial charge >= 0.3 is 0 Å². The van der Waals surface area contributed by atoms with Crippen LogP contribution >= 0.6 is 0 Å². The Morgan fingerprint density at radius 3 is 3.06 bits per heavy atom. The van der Waals surface area contributed by atoms with Crippen molar-refractivity contribution in [3.8, 4) is 0 Å². The van der Waals surface area contributed by atoms with Crippen molar-refractivity contribution in [3.05, 3.63) is 54.4 Å². The molecule has 2 aromatic heterocycles. The van der Waals surface area contributed by atoms with Crippen LogP contribution in [0.1, 0.15) is 11.4 Å². The number of rotatable bonds is 4. The zero-order valence-corrected chi connectivity index (χ0v) is 9.71. The third-order valence-corrected chi connectivity index (χ3v) is 2.78. The monoisotopic (exact) mass is 240 g/mol. The highest BCUT2D eigenvalue weighted by Crippen LogP contribution is 2.17. The number of hydrogen-bond donors (Lipinski definition) is 1. The third-order valence-electron chi connectivity index (χ3n) is 2.78. The topological polar surface area (TPSA) is 63.8 Å². The summed E-state index contributed by atoms with van der Waals surface area (Å²) in [4.78, 5) is 8.08. The maximum Gasteiger partial charge on any atom is 0.213 e. The first-order chi connectivity index (χ1) is 8.93. The van der Waals surface area contributed by atoms with Crippen LogP contribution in [0.25, 0.3) is 10.8 Å². The fourth-order valence-electron chi connectivity index (χ4n) is 1.92. The largest absolute Gasteiger partial charge is 0.343 e. The highest BCUT2D eigenvalue weighted by atomic mass is 16.5. The lowest BCUT2D eigenvalue weighted by atomic mass is 10.1. The van der Waals surface area contributed by atoms with Crippen LogP contribution in [-0.2, 0) is 13.1 Å². The van der Waals surface area contributed by atoms with E-state index in [-0.39, 0.29) is 0 Å². The Kier molecular flexibility index (Phi) is 2.97. The number of pyridine rings is 1. The minimum absolute atomic E-state index is 0.595. The summed E-state index contributed by atoms with van der Waals surface area (Å²) in [5.41, 5.74) is 1.23. The van der Waals surface area contributed by atoms with Crippen molar-refractivity contribution in [2.75, 3.05) is 0 Å². The molecule has 0 aliphatic heterocycles. The van der Waals surface area contributed by atoms with Crippen molar-refractivity contribution in [1.82, 2.24) is 20.4 Å². The smallest absolute Gasteiger partial charge is 0.213 e. The molecule has 0 amide bonds. The molecule has 0 aliphatic rings. The van der Waals surface area contributed by atoms with Crippen LogP contribution < -0.4 is 5.32 Å². The molecular weight excluding hydrogens is 228 g/mol. The normalized spacial score (nSPS) is 10.9. The summed E-state index contributed by atoms with van der Waals surface area (Å²) in [6.07, 6.45) is 5.02. The lowest BCUT2D eigenvalue weighted by Crippen LogP contribution is -2.13. The fraction of sp³-hybridized carbons (Fsp3) is 0.154. The van der Waals surface area contributed by atoms with Gasteiger partial charge < -0.3 is 9.84 Å². The molecule has 3 aromatic rings. The van der Waals surface area contributed by atoms with Gasteiger partial charge in [0.2, 0.25) is 6.39 Å². The molecular formula is C13H12N4O. The van der Waals surface area contributed by atoms with Crippen molar-refractivity contribution in [2.45, 2.75) is 13.1 Å². The molecule has 3 rings (SSSR count). The van der Waals surface area contributed by atoms with E-state index >= 15 is 0 Å². The summed E-state index contributed by atoms with van der Waals surface area (Å²) in [5, 5.41) is 9.41. The molecule has 0 spiro atoms. The molecule has 0 aliphatic carbocycles. The van der Waals surface area contributed by atoms with Crippen molar-refractivity contribution < 1.29 is 4.52 Å². The standard InChI is InChI=1S/C13H12N4O/c1-2-10-6-14-5-4-12(10)11(3-1)7-15-8-13-16-9-18-17-13/h1-6,9,15H,7-8H2. The molecule has 0 bridgehead atoms. The average molecular weight is 240 g/mol. The van der Waals surface area contributed by atoms with Gasteiger partial charge in [-0.05, 0) is 17.0 Å². The van der Waals surface area contributed by atoms with E-state index in [1.54, 1.807) is 0 Å². The number of fused-ring (bicyclic) bond motifs is 1. The molecule has 0 unspecified atom stereocenters. The van der Waals surface area contributed by atoms with Gasteiger partial charge in [-0.2, -0.15) is 4.98 Å². The summed E-state index contributed by atoms with van der Waals surface area (Å²) < 4.78 is 4.68. The Labute approximate surface area is 104 Å². The quantitative estimate of drug-likeness (QED) is 0.754. The van der Waals surface area contributed by atoms with Crippen LogP contribution in [0.5, 0.6) is 0 Å². The van der Waals surface area contributed by atoms with Crippen molar-refractivity contribution >= 4 is 10.8 Å². The minimum Gasteiger partial charge on any atom is -0.343 e. The fourth-order valence-corrected chi connectivity index (χ4v) is 1.92. The van der Waals surface area contributed by atoms with Crippen LogP contribution in [-0.4, -0.2) is 15.1 Å². The van der Waals surface area contributed by atoms with E-state index in [2.05, 4.69) is 37.1 Å². The number of aromatic nitrogens is 3. The average Bonchev–Trinajstić information content (AvgIpc) is 2.92. The van der Waals surface area contributed by atoms with Crippen molar-refractivity contribution in [1.29, 1.82) is 0 Å². The molecule has 5 nitrogen and oxygen atoms in total. The number of benzene rings is 1. The van der Waals surface area contributed by atoms with Crippen LogP contribution in [0.3, 0.4) is 0 Å². The Morgan fingerprint density at radius 2 is 2.17 bits per heavy atom.